The summed E-state index contributed by atoms with van der Waals surface area (Å²) in [6, 6.07) is -0.0414. The topological polar surface area (TPSA) is 118 Å². The molecule has 0 radical (unpaired) electrons. The van der Waals surface area contributed by atoms with Crippen LogP contribution in [0.4, 0.5) is 5.69 Å². The lowest BCUT2D eigenvalue weighted by molar-refractivity contribution is -0.385. The van der Waals surface area contributed by atoms with Crippen LogP contribution in [0.3, 0.4) is 0 Å². The lowest BCUT2D eigenvalue weighted by atomic mass is 9.92. The van der Waals surface area contributed by atoms with E-state index in [1.807, 2.05) is 0 Å². The highest BCUT2D eigenvalue weighted by molar-refractivity contribution is 5.96. The van der Waals surface area contributed by atoms with Crippen LogP contribution in [-0.4, -0.2) is 52.3 Å². The lowest BCUT2D eigenvalue weighted by Crippen LogP contribution is -2.40. The Kier molecular flexibility index (Phi) is 6.96. The number of nitrogens with one attached hydrogen (secondary N) is 1. The van der Waals surface area contributed by atoms with Crippen molar-refractivity contribution in [3.63, 3.8) is 0 Å². The van der Waals surface area contributed by atoms with Crippen LogP contribution >= 0.6 is 0 Å². The quantitative estimate of drug-likeness (QED) is 0.553. The fourth-order valence-corrected chi connectivity index (χ4v) is 4.39. The van der Waals surface area contributed by atoms with Crippen molar-refractivity contribution in [2.45, 2.75) is 88.9 Å². The Balaban J connectivity index is 1.32. The molecule has 1 aliphatic carbocycles. The van der Waals surface area contributed by atoms with E-state index in [9.17, 15) is 14.9 Å². The van der Waals surface area contributed by atoms with Gasteiger partial charge in [0.2, 0.25) is 5.69 Å². The van der Waals surface area contributed by atoms with Crippen molar-refractivity contribution in [2.75, 3.05) is 13.2 Å². The summed E-state index contributed by atoms with van der Waals surface area (Å²) in [5.74, 6) is -0.503. The molecular formula is C20H30N4O6. The Morgan fingerprint density at radius 3 is 2.47 bits per heavy atom. The van der Waals surface area contributed by atoms with Gasteiger partial charge in [-0.15, -0.1) is 0 Å². The molecular weight excluding hydrogens is 392 g/mol. The van der Waals surface area contributed by atoms with Crippen LogP contribution in [0.15, 0.2) is 6.20 Å². The first kappa shape index (κ1) is 21.2. The van der Waals surface area contributed by atoms with Crippen molar-refractivity contribution >= 4 is 11.6 Å². The predicted molar refractivity (Wildman–Crippen MR) is 106 cm³/mol. The molecule has 1 aromatic heterocycles. The summed E-state index contributed by atoms with van der Waals surface area (Å²) >= 11 is 0. The van der Waals surface area contributed by atoms with E-state index in [4.69, 9.17) is 14.2 Å². The summed E-state index contributed by atoms with van der Waals surface area (Å²) < 4.78 is 18.7. The van der Waals surface area contributed by atoms with Crippen LogP contribution in [0.25, 0.3) is 0 Å². The standard InChI is InChI=1S/C20H30N4O6/c25-20(19-16(24(26)27)13-23(22-19)17-5-1-3-11-28-17)21-14-7-9-15(10-8-14)30-18-6-2-4-12-29-18/h13-15,17-18H,1-12H2,(H,21,25)/t14?,15?,17-,18+/m0/s1. The zero-order valence-corrected chi connectivity index (χ0v) is 17.2. The summed E-state index contributed by atoms with van der Waals surface area (Å²) in [6.07, 6.45) is 10.0. The Hall–Kier alpha value is -2.04. The fraction of sp³-hybridized carbons (Fsp3) is 0.800. The van der Waals surface area contributed by atoms with Crippen LogP contribution in [0.2, 0.25) is 0 Å². The van der Waals surface area contributed by atoms with Gasteiger partial charge in [-0.05, 0) is 64.2 Å². The maximum atomic E-state index is 12.7. The number of carbonyl (C=O) groups excluding carboxylic acids is 1. The zero-order valence-electron chi connectivity index (χ0n) is 17.2. The molecule has 166 valence electrons. The van der Waals surface area contributed by atoms with E-state index in [1.54, 1.807) is 0 Å². The highest BCUT2D eigenvalue weighted by atomic mass is 16.7. The third-order valence-electron chi connectivity index (χ3n) is 6.07. The van der Waals surface area contributed by atoms with E-state index in [-0.39, 0.29) is 36.0 Å². The third-order valence-corrected chi connectivity index (χ3v) is 6.07. The zero-order chi connectivity index (χ0) is 20.9. The molecule has 3 heterocycles. The number of nitro groups is 1. The van der Waals surface area contributed by atoms with E-state index in [2.05, 4.69) is 10.4 Å². The van der Waals surface area contributed by atoms with Crippen LogP contribution in [0.5, 0.6) is 0 Å². The van der Waals surface area contributed by atoms with Gasteiger partial charge in [0.1, 0.15) is 12.4 Å². The molecule has 0 spiro atoms. The Morgan fingerprint density at radius 2 is 1.83 bits per heavy atom. The molecule has 3 aliphatic rings. The number of ether oxygens (including phenoxy) is 3. The molecule has 2 atom stereocenters. The second-order valence-electron chi connectivity index (χ2n) is 8.30. The molecule has 1 aromatic rings. The van der Waals surface area contributed by atoms with Gasteiger partial charge in [0.05, 0.1) is 11.0 Å². The van der Waals surface area contributed by atoms with Gasteiger partial charge in [-0.25, -0.2) is 4.68 Å². The molecule has 4 rings (SSSR count). The van der Waals surface area contributed by atoms with Crippen molar-refractivity contribution in [3.05, 3.63) is 22.0 Å². The molecule has 0 aromatic carbocycles. The SMILES string of the molecule is O=C(NC1CCC(O[C@@H]2CCCCO2)CC1)c1nn([C@@H]2CCCCO2)cc1[N+](=O)[O-]. The third kappa shape index (κ3) is 5.16. The van der Waals surface area contributed by atoms with E-state index < -0.39 is 10.8 Å². The van der Waals surface area contributed by atoms with Crippen LogP contribution in [0.1, 0.15) is 80.9 Å². The average molecular weight is 422 g/mol. The van der Waals surface area contributed by atoms with Gasteiger partial charge in [-0.1, -0.05) is 0 Å². The minimum absolute atomic E-state index is 0.0414. The number of aromatic nitrogens is 2. The number of amides is 1. The molecule has 3 fully saturated rings. The minimum Gasteiger partial charge on any atom is -0.357 e. The largest absolute Gasteiger partial charge is 0.357 e. The van der Waals surface area contributed by atoms with Crippen molar-refractivity contribution in [2.24, 2.45) is 0 Å². The maximum Gasteiger partial charge on any atom is 0.320 e. The molecule has 0 unspecified atom stereocenters. The molecule has 10 heteroatoms. The van der Waals surface area contributed by atoms with E-state index >= 15 is 0 Å². The molecule has 1 saturated carbocycles. The van der Waals surface area contributed by atoms with Crippen LogP contribution in [-0.2, 0) is 14.2 Å². The molecule has 0 bridgehead atoms. The van der Waals surface area contributed by atoms with Crippen molar-refractivity contribution in [3.8, 4) is 0 Å². The highest BCUT2D eigenvalue weighted by Gasteiger charge is 2.32. The first-order valence-corrected chi connectivity index (χ1v) is 11.0. The normalized spacial score (nSPS) is 30.0. The lowest BCUT2D eigenvalue weighted by Gasteiger charge is -2.32. The maximum absolute atomic E-state index is 12.7. The van der Waals surface area contributed by atoms with Gasteiger partial charge in [0, 0.05) is 19.3 Å². The summed E-state index contributed by atoms with van der Waals surface area (Å²) in [4.78, 5) is 23.6. The molecule has 30 heavy (non-hydrogen) atoms. The molecule has 2 aliphatic heterocycles. The molecule has 2 saturated heterocycles. The molecule has 10 nitrogen and oxygen atoms in total. The van der Waals surface area contributed by atoms with Gasteiger partial charge < -0.3 is 19.5 Å². The van der Waals surface area contributed by atoms with E-state index in [0.717, 1.165) is 70.8 Å². The summed E-state index contributed by atoms with van der Waals surface area (Å²) in [5, 5.41) is 18.6. The first-order valence-electron chi connectivity index (χ1n) is 11.0. The number of rotatable bonds is 6. The Labute approximate surface area is 175 Å². The number of hydrogen-bond acceptors (Lipinski definition) is 7. The van der Waals surface area contributed by atoms with E-state index in [1.165, 1.54) is 10.9 Å². The van der Waals surface area contributed by atoms with Gasteiger partial charge in [-0.2, -0.15) is 5.10 Å². The van der Waals surface area contributed by atoms with Crippen LogP contribution in [0, 0.1) is 10.1 Å². The molecule has 1 amide bonds. The monoisotopic (exact) mass is 422 g/mol. The number of carbonyl (C=O) groups is 1. The van der Waals surface area contributed by atoms with Crippen LogP contribution < -0.4 is 5.32 Å². The average Bonchev–Trinajstić information content (AvgIpc) is 3.23. The van der Waals surface area contributed by atoms with Gasteiger partial charge in [0.15, 0.2) is 6.29 Å². The predicted octanol–water partition coefficient (Wildman–Crippen LogP) is 3.07. The van der Waals surface area contributed by atoms with Gasteiger partial charge in [0.25, 0.3) is 5.91 Å². The summed E-state index contributed by atoms with van der Waals surface area (Å²) in [5.41, 5.74) is -0.434. The number of hydrogen-bond donors (Lipinski definition) is 1. The molecule has 1 N–H and O–H groups in total. The summed E-state index contributed by atoms with van der Waals surface area (Å²) in [7, 11) is 0. The Morgan fingerprint density at radius 1 is 1.10 bits per heavy atom. The van der Waals surface area contributed by atoms with Gasteiger partial charge in [-0.3, -0.25) is 14.9 Å². The smallest absolute Gasteiger partial charge is 0.320 e. The minimum atomic E-state index is -0.559. The van der Waals surface area contributed by atoms with Crippen molar-refractivity contribution in [1.82, 2.24) is 15.1 Å². The fourth-order valence-electron chi connectivity index (χ4n) is 4.39. The Bertz CT molecular complexity index is 734. The highest BCUT2D eigenvalue weighted by Crippen LogP contribution is 2.28. The van der Waals surface area contributed by atoms with E-state index in [0.29, 0.717) is 6.61 Å². The summed E-state index contributed by atoms with van der Waals surface area (Å²) in [6.45, 7) is 1.35. The van der Waals surface area contributed by atoms with Crippen molar-refractivity contribution < 1.29 is 23.9 Å². The second kappa shape index (κ2) is 9.84. The second-order valence-corrected chi connectivity index (χ2v) is 8.30. The number of nitrogens with zero attached hydrogens (tertiary/aromatic N) is 3. The van der Waals surface area contributed by atoms with Gasteiger partial charge >= 0.3 is 5.69 Å². The first-order chi connectivity index (χ1) is 14.6. The van der Waals surface area contributed by atoms with Crippen molar-refractivity contribution in [1.29, 1.82) is 0 Å².